The number of hydrogen-bond donors (Lipinski definition) is 0. The number of aromatic nitrogens is 2. The Kier molecular flexibility index (Phi) is 5.70. The summed E-state index contributed by atoms with van der Waals surface area (Å²) < 4.78 is 15.8. The van der Waals surface area contributed by atoms with E-state index in [-0.39, 0.29) is 6.61 Å². The molecule has 0 fully saturated rings. The molecule has 6 nitrogen and oxygen atoms in total. The molecule has 2 aromatic heterocycles. The van der Waals surface area contributed by atoms with Gasteiger partial charge in [0.25, 0.3) is 0 Å². The van der Waals surface area contributed by atoms with Gasteiger partial charge in [-0.15, -0.1) is 11.3 Å². The Morgan fingerprint density at radius 3 is 2.65 bits per heavy atom. The fourth-order valence-corrected chi connectivity index (χ4v) is 3.11. The standard InChI is InChI=1S/C18H15ClN2O4S/c1-23-14-5-3-11(7-15(14)24-2)17-21-13(10-26-17)9-25-18(22)12-4-6-16(19)20-8-12/h3-8,10H,9H2,1-2H3. The van der Waals surface area contributed by atoms with E-state index in [1.54, 1.807) is 20.3 Å². The van der Waals surface area contributed by atoms with Crippen molar-refractivity contribution >= 4 is 28.9 Å². The highest BCUT2D eigenvalue weighted by molar-refractivity contribution is 7.13. The SMILES string of the molecule is COc1ccc(-c2nc(COC(=O)c3ccc(Cl)nc3)cs2)cc1OC. The molecule has 1 aromatic carbocycles. The summed E-state index contributed by atoms with van der Waals surface area (Å²) in [6, 6.07) is 8.68. The van der Waals surface area contributed by atoms with Gasteiger partial charge >= 0.3 is 5.97 Å². The lowest BCUT2D eigenvalue weighted by atomic mass is 10.2. The van der Waals surface area contributed by atoms with Gasteiger partial charge < -0.3 is 14.2 Å². The zero-order chi connectivity index (χ0) is 18.5. The minimum atomic E-state index is -0.477. The number of methoxy groups -OCH3 is 2. The summed E-state index contributed by atoms with van der Waals surface area (Å²) in [7, 11) is 3.17. The number of carbonyl (C=O) groups excluding carboxylic acids is 1. The number of carbonyl (C=O) groups is 1. The molecular formula is C18H15ClN2O4S. The number of pyridine rings is 1. The summed E-state index contributed by atoms with van der Waals surface area (Å²) in [4.78, 5) is 20.4. The zero-order valence-corrected chi connectivity index (χ0v) is 15.6. The molecule has 134 valence electrons. The van der Waals surface area contributed by atoms with Crippen molar-refractivity contribution in [2.75, 3.05) is 14.2 Å². The van der Waals surface area contributed by atoms with Gasteiger partial charge in [0.2, 0.25) is 0 Å². The number of halogens is 1. The van der Waals surface area contributed by atoms with Gasteiger partial charge in [0, 0.05) is 17.1 Å². The van der Waals surface area contributed by atoms with Crippen LogP contribution in [0.25, 0.3) is 10.6 Å². The molecule has 0 radical (unpaired) electrons. The second-order valence-electron chi connectivity index (χ2n) is 5.16. The first-order valence-corrected chi connectivity index (χ1v) is 8.82. The van der Waals surface area contributed by atoms with Gasteiger partial charge in [-0.05, 0) is 30.3 Å². The smallest absolute Gasteiger partial charge is 0.340 e. The van der Waals surface area contributed by atoms with Crippen molar-refractivity contribution in [1.82, 2.24) is 9.97 Å². The molecule has 0 saturated heterocycles. The number of nitrogens with zero attached hydrogens (tertiary/aromatic N) is 2. The molecule has 3 rings (SSSR count). The van der Waals surface area contributed by atoms with E-state index in [0.29, 0.717) is 27.9 Å². The molecule has 0 spiro atoms. The quantitative estimate of drug-likeness (QED) is 0.463. The van der Waals surface area contributed by atoms with Crippen LogP contribution in [0.5, 0.6) is 11.5 Å². The highest BCUT2D eigenvalue weighted by Crippen LogP contribution is 2.33. The van der Waals surface area contributed by atoms with Crippen LogP contribution in [0.4, 0.5) is 0 Å². The Labute approximate surface area is 159 Å². The Morgan fingerprint density at radius 1 is 1.15 bits per heavy atom. The summed E-state index contributed by atoms with van der Waals surface area (Å²) in [6.45, 7) is 0.0747. The number of ether oxygens (including phenoxy) is 3. The van der Waals surface area contributed by atoms with Gasteiger partial charge in [-0.2, -0.15) is 0 Å². The number of esters is 1. The Hall–Kier alpha value is -2.64. The molecule has 0 saturated carbocycles. The molecule has 0 unspecified atom stereocenters. The van der Waals surface area contributed by atoms with Crippen molar-refractivity contribution in [1.29, 1.82) is 0 Å². The Balaban J connectivity index is 1.68. The van der Waals surface area contributed by atoms with Crippen molar-refractivity contribution in [2.45, 2.75) is 6.61 Å². The molecule has 8 heteroatoms. The molecule has 0 aliphatic heterocycles. The third-order valence-corrected chi connectivity index (χ3v) is 4.66. The van der Waals surface area contributed by atoms with E-state index in [9.17, 15) is 4.79 Å². The van der Waals surface area contributed by atoms with E-state index < -0.39 is 5.97 Å². The average molecular weight is 391 g/mol. The predicted octanol–water partition coefficient (Wildman–Crippen LogP) is 4.23. The van der Waals surface area contributed by atoms with Gasteiger partial charge in [-0.1, -0.05) is 11.6 Å². The largest absolute Gasteiger partial charge is 0.493 e. The lowest BCUT2D eigenvalue weighted by Gasteiger charge is -2.08. The van der Waals surface area contributed by atoms with Crippen molar-refractivity contribution in [3.05, 3.63) is 58.3 Å². The van der Waals surface area contributed by atoms with E-state index in [1.807, 2.05) is 23.6 Å². The molecule has 0 amide bonds. The van der Waals surface area contributed by atoms with Crippen LogP contribution in [-0.4, -0.2) is 30.2 Å². The van der Waals surface area contributed by atoms with Crippen LogP contribution in [0, 0.1) is 0 Å². The van der Waals surface area contributed by atoms with Crippen molar-refractivity contribution in [2.24, 2.45) is 0 Å². The van der Waals surface area contributed by atoms with E-state index in [0.717, 1.165) is 10.6 Å². The summed E-state index contributed by atoms with van der Waals surface area (Å²) in [5, 5.41) is 2.96. The van der Waals surface area contributed by atoms with Crippen LogP contribution in [0.3, 0.4) is 0 Å². The van der Waals surface area contributed by atoms with Gasteiger partial charge in [0.05, 0.1) is 25.5 Å². The molecule has 0 aliphatic rings. The first kappa shape index (κ1) is 18.2. The second-order valence-corrected chi connectivity index (χ2v) is 6.40. The highest BCUT2D eigenvalue weighted by Gasteiger charge is 2.12. The number of hydrogen-bond acceptors (Lipinski definition) is 7. The van der Waals surface area contributed by atoms with Gasteiger partial charge in [0.1, 0.15) is 16.8 Å². The molecule has 2 heterocycles. The number of thiazole rings is 1. The summed E-state index contributed by atoms with van der Waals surface area (Å²) in [5.41, 5.74) is 1.90. The van der Waals surface area contributed by atoms with Crippen LogP contribution in [0.2, 0.25) is 5.15 Å². The van der Waals surface area contributed by atoms with Crippen molar-refractivity contribution < 1.29 is 19.0 Å². The van der Waals surface area contributed by atoms with Crippen LogP contribution in [-0.2, 0) is 11.3 Å². The fourth-order valence-electron chi connectivity index (χ4n) is 2.19. The molecule has 26 heavy (non-hydrogen) atoms. The number of benzene rings is 1. The zero-order valence-electron chi connectivity index (χ0n) is 14.1. The summed E-state index contributed by atoms with van der Waals surface area (Å²) >= 11 is 7.16. The summed E-state index contributed by atoms with van der Waals surface area (Å²) in [5.74, 6) is 0.803. The highest BCUT2D eigenvalue weighted by atomic mass is 35.5. The number of rotatable bonds is 6. The van der Waals surface area contributed by atoms with Gasteiger partial charge in [0.15, 0.2) is 11.5 Å². The third-order valence-electron chi connectivity index (χ3n) is 3.50. The van der Waals surface area contributed by atoms with Crippen molar-refractivity contribution in [3.63, 3.8) is 0 Å². The van der Waals surface area contributed by atoms with Gasteiger partial charge in [-0.3, -0.25) is 0 Å². The minimum absolute atomic E-state index is 0.0747. The maximum Gasteiger partial charge on any atom is 0.340 e. The average Bonchev–Trinajstić information content (AvgIpc) is 3.15. The molecule has 0 N–H and O–H groups in total. The maximum atomic E-state index is 12.0. The van der Waals surface area contributed by atoms with Crippen LogP contribution in [0.1, 0.15) is 16.1 Å². The van der Waals surface area contributed by atoms with E-state index in [2.05, 4.69) is 9.97 Å². The summed E-state index contributed by atoms with van der Waals surface area (Å²) in [6.07, 6.45) is 1.38. The van der Waals surface area contributed by atoms with Crippen LogP contribution >= 0.6 is 22.9 Å². The topological polar surface area (TPSA) is 70.5 Å². The van der Waals surface area contributed by atoms with Crippen molar-refractivity contribution in [3.8, 4) is 22.1 Å². The molecular weight excluding hydrogens is 376 g/mol. The molecule has 3 aromatic rings. The second kappa shape index (κ2) is 8.16. The van der Waals surface area contributed by atoms with Crippen LogP contribution < -0.4 is 9.47 Å². The van der Waals surface area contributed by atoms with E-state index in [4.69, 9.17) is 25.8 Å². The first-order chi connectivity index (χ1) is 12.6. The molecule has 0 atom stereocenters. The monoisotopic (exact) mass is 390 g/mol. The lowest BCUT2D eigenvalue weighted by molar-refractivity contribution is 0.0468. The fraction of sp³-hybridized carbons (Fsp3) is 0.167. The predicted molar refractivity (Wildman–Crippen MR) is 99.0 cm³/mol. The minimum Gasteiger partial charge on any atom is -0.493 e. The first-order valence-electron chi connectivity index (χ1n) is 7.56. The molecule has 0 bridgehead atoms. The Morgan fingerprint density at radius 2 is 1.96 bits per heavy atom. The van der Waals surface area contributed by atoms with Gasteiger partial charge in [-0.25, -0.2) is 14.8 Å². The molecule has 0 aliphatic carbocycles. The third kappa shape index (κ3) is 4.12. The van der Waals surface area contributed by atoms with E-state index >= 15 is 0 Å². The normalized spacial score (nSPS) is 10.4. The maximum absolute atomic E-state index is 12.0. The van der Waals surface area contributed by atoms with Crippen LogP contribution in [0.15, 0.2) is 41.9 Å². The Bertz CT molecular complexity index is 912. The lowest BCUT2D eigenvalue weighted by Crippen LogP contribution is -2.05. The van der Waals surface area contributed by atoms with E-state index in [1.165, 1.54) is 23.6 Å².